The average molecular weight is 460 g/mol. The molecule has 34 heavy (non-hydrogen) atoms. The Bertz CT molecular complexity index is 1510. The minimum Gasteiger partial charge on any atom is -0.312 e. The summed E-state index contributed by atoms with van der Waals surface area (Å²) in [5.74, 6) is 0. The number of hydrogen-bond donors (Lipinski definition) is 0. The monoisotopic (exact) mass is 459 g/mol. The molecule has 0 radical (unpaired) electrons. The van der Waals surface area contributed by atoms with Crippen molar-refractivity contribution in [3.8, 4) is 5.69 Å². The number of hydrogen-bond acceptors (Lipinski definition) is 1. The van der Waals surface area contributed by atoms with Crippen molar-refractivity contribution < 1.29 is 0 Å². The topological polar surface area (TPSA) is 4.93 Å². The van der Waals surface area contributed by atoms with Gasteiger partial charge in [0.25, 0.3) is 0 Å². The molecule has 0 bridgehead atoms. The van der Waals surface area contributed by atoms with Gasteiger partial charge in [-0.3, -0.25) is 0 Å². The summed E-state index contributed by atoms with van der Waals surface area (Å²) in [5.41, 5.74) is 8.26. The van der Waals surface area contributed by atoms with Gasteiger partial charge in [0.2, 0.25) is 0 Å². The zero-order chi connectivity index (χ0) is 22.9. The van der Waals surface area contributed by atoms with E-state index >= 15 is 0 Å². The van der Waals surface area contributed by atoms with E-state index in [1.54, 1.807) is 0 Å². The van der Waals surface area contributed by atoms with Crippen LogP contribution in [0.4, 0.5) is 0 Å². The number of benzene rings is 3. The Balaban J connectivity index is 1.49. The summed E-state index contributed by atoms with van der Waals surface area (Å²) in [7, 11) is 0. The first-order valence-corrected chi connectivity index (χ1v) is 13.1. The number of aromatic nitrogens is 1. The van der Waals surface area contributed by atoms with Crippen molar-refractivity contribution in [3.63, 3.8) is 0 Å². The molecule has 2 heterocycles. The summed E-state index contributed by atoms with van der Waals surface area (Å²) in [6, 6.07) is 27.0. The molecule has 0 N–H and O–H groups in total. The molecule has 168 valence electrons. The Morgan fingerprint density at radius 2 is 1.76 bits per heavy atom. The van der Waals surface area contributed by atoms with Gasteiger partial charge in [0.05, 0.1) is 10.2 Å². The van der Waals surface area contributed by atoms with E-state index in [0.29, 0.717) is 0 Å². The van der Waals surface area contributed by atoms with Gasteiger partial charge in [-0.25, -0.2) is 0 Å². The number of allylic oxidation sites excluding steroid dienone is 3. The molecule has 1 aliphatic carbocycles. The summed E-state index contributed by atoms with van der Waals surface area (Å²) in [5, 5.41) is 2.79. The van der Waals surface area contributed by atoms with Gasteiger partial charge in [0.1, 0.15) is 0 Å². The van der Waals surface area contributed by atoms with Gasteiger partial charge in [0.15, 0.2) is 0 Å². The van der Waals surface area contributed by atoms with E-state index in [2.05, 4.69) is 109 Å². The van der Waals surface area contributed by atoms with Crippen molar-refractivity contribution in [1.29, 1.82) is 0 Å². The highest BCUT2D eigenvalue weighted by Gasteiger charge is 2.19. The molecule has 2 heteroatoms. The highest BCUT2D eigenvalue weighted by atomic mass is 32.1. The lowest BCUT2D eigenvalue weighted by molar-refractivity contribution is 0.900. The summed E-state index contributed by atoms with van der Waals surface area (Å²) in [6.07, 6.45) is 14.4. The van der Waals surface area contributed by atoms with Crippen LogP contribution in [0.5, 0.6) is 0 Å². The van der Waals surface area contributed by atoms with E-state index in [9.17, 15) is 0 Å². The number of thiophene rings is 1. The molecule has 1 nitrogen and oxygen atoms in total. The fraction of sp³-hybridized carbons (Fsp3) is 0.188. The maximum atomic E-state index is 2.53. The van der Waals surface area contributed by atoms with Gasteiger partial charge in [0, 0.05) is 21.6 Å². The van der Waals surface area contributed by atoms with Crippen LogP contribution in [0.2, 0.25) is 0 Å². The van der Waals surface area contributed by atoms with Crippen molar-refractivity contribution in [1.82, 2.24) is 4.57 Å². The second kappa shape index (κ2) is 9.12. The number of aryl methyl sites for hydroxylation is 2. The van der Waals surface area contributed by atoms with Crippen LogP contribution in [-0.2, 0) is 19.3 Å². The normalized spacial score (nSPS) is 13.3. The minimum atomic E-state index is 0.968. The van der Waals surface area contributed by atoms with Gasteiger partial charge < -0.3 is 4.57 Å². The molecule has 3 aromatic carbocycles. The molecule has 0 aliphatic heterocycles. The minimum absolute atomic E-state index is 0.968. The summed E-state index contributed by atoms with van der Waals surface area (Å²) in [6.45, 7) is 2.11. The van der Waals surface area contributed by atoms with Crippen LogP contribution >= 0.6 is 11.3 Å². The van der Waals surface area contributed by atoms with Crippen LogP contribution in [0.15, 0.2) is 91.0 Å². The van der Waals surface area contributed by atoms with E-state index in [-0.39, 0.29) is 0 Å². The number of fused-ring (bicyclic) bond motifs is 5. The SMILES string of the molecule is C/C=C\CCc1cc2ccc3c4c(sc3c2n1-c1ccc(Cc2ccccc2)cc1)C=CCC4. The first-order chi connectivity index (χ1) is 16.8. The summed E-state index contributed by atoms with van der Waals surface area (Å²) >= 11 is 1.96. The van der Waals surface area contributed by atoms with Crippen molar-refractivity contribution in [2.24, 2.45) is 0 Å². The maximum absolute atomic E-state index is 2.53. The lowest BCUT2D eigenvalue weighted by Crippen LogP contribution is -2.00. The standard InChI is InChI=1S/C32H29NS/c1-2-3-5-12-27-22-25-17-20-29-28-13-8-9-14-30(28)34-32(29)31(25)33(27)26-18-15-24(16-19-26)21-23-10-6-4-7-11-23/h2-4,6-7,9-11,14-20,22H,5,8,12-13,21H2,1H3/b3-2-. The molecule has 5 aromatic rings. The molecule has 2 aromatic heterocycles. The van der Waals surface area contributed by atoms with Crippen LogP contribution in [0, 0.1) is 0 Å². The molecule has 0 amide bonds. The smallest absolute Gasteiger partial charge is 0.0710 e. The largest absolute Gasteiger partial charge is 0.312 e. The lowest BCUT2D eigenvalue weighted by Gasteiger charge is -2.12. The average Bonchev–Trinajstić information content (AvgIpc) is 3.43. The van der Waals surface area contributed by atoms with E-state index in [0.717, 1.165) is 32.1 Å². The molecule has 0 fully saturated rings. The molecule has 0 unspecified atom stereocenters. The number of nitrogens with zero attached hydrogens (tertiary/aromatic N) is 1. The molecular formula is C32H29NS. The Hall–Kier alpha value is -3.36. The van der Waals surface area contributed by atoms with Crippen LogP contribution in [0.25, 0.3) is 32.8 Å². The van der Waals surface area contributed by atoms with Crippen LogP contribution in [0.1, 0.15) is 47.0 Å². The van der Waals surface area contributed by atoms with Crippen LogP contribution in [-0.4, -0.2) is 4.57 Å². The first-order valence-electron chi connectivity index (χ1n) is 12.3. The predicted molar refractivity (Wildman–Crippen MR) is 148 cm³/mol. The third-order valence-corrected chi connectivity index (χ3v) is 8.13. The van der Waals surface area contributed by atoms with Crippen molar-refractivity contribution in [2.75, 3.05) is 0 Å². The second-order valence-electron chi connectivity index (χ2n) is 9.17. The summed E-state index contributed by atoms with van der Waals surface area (Å²) in [4.78, 5) is 1.44. The highest BCUT2D eigenvalue weighted by molar-refractivity contribution is 7.21. The molecule has 0 saturated carbocycles. The van der Waals surface area contributed by atoms with Crippen LogP contribution < -0.4 is 0 Å². The maximum Gasteiger partial charge on any atom is 0.0710 e. The van der Waals surface area contributed by atoms with Gasteiger partial charge in [-0.2, -0.15) is 0 Å². The Kier molecular flexibility index (Phi) is 5.68. The molecular weight excluding hydrogens is 430 g/mol. The highest BCUT2D eigenvalue weighted by Crippen LogP contribution is 2.41. The third kappa shape index (κ3) is 3.82. The Morgan fingerprint density at radius 3 is 2.59 bits per heavy atom. The van der Waals surface area contributed by atoms with Crippen molar-refractivity contribution >= 4 is 38.4 Å². The van der Waals surface area contributed by atoms with E-state index < -0.39 is 0 Å². The van der Waals surface area contributed by atoms with Crippen molar-refractivity contribution in [2.45, 2.75) is 39.0 Å². The fourth-order valence-electron chi connectivity index (χ4n) is 5.25. The van der Waals surface area contributed by atoms with Gasteiger partial charge in [-0.05, 0) is 85.4 Å². The Morgan fingerprint density at radius 1 is 0.941 bits per heavy atom. The van der Waals surface area contributed by atoms with Crippen LogP contribution in [0.3, 0.4) is 0 Å². The Labute approximate surface area is 205 Å². The van der Waals surface area contributed by atoms with Gasteiger partial charge in [-0.15, -0.1) is 11.3 Å². The molecule has 0 atom stereocenters. The molecule has 1 aliphatic rings. The quantitative estimate of drug-likeness (QED) is 0.223. The molecule has 0 spiro atoms. The summed E-state index contributed by atoms with van der Waals surface area (Å²) < 4.78 is 3.96. The number of rotatable bonds is 6. The van der Waals surface area contributed by atoms with Gasteiger partial charge >= 0.3 is 0 Å². The lowest BCUT2D eigenvalue weighted by atomic mass is 10.0. The zero-order valence-corrected chi connectivity index (χ0v) is 20.4. The van der Waals surface area contributed by atoms with E-state index in [4.69, 9.17) is 0 Å². The molecule has 6 rings (SSSR count). The fourth-order valence-corrected chi connectivity index (χ4v) is 6.57. The third-order valence-electron chi connectivity index (χ3n) is 6.91. The van der Waals surface area contributed by atoms with Gasteiger partial charge in [-0.1, -0.05) is 72.8 Å². The van der Waals surface area contributed by atoms with E-state index in [1.807, 2.05) is 11.3 Å². The predicted octanol–water partition coefficient (Wildman–Crippen LogP) is 8.90. The zero-order valence-electron chi connectivity index (χ0n) is 19.6. The first kappa shape index (κ1) is 21.2. The van der Waals surface area contributed by atoms with Crippen molar-refractivity contribution in [3.05, 3.63) is 118 Å². The van der Waals surface area contributed by atoms with E-state index in [1.165, 1.54) is 53.9 Å². The molecule has 0 saturated heterocycles. The second-order valence-corrected chi connectivity index (χ2v) is 10.2.